The fourth-order valence-corrected chi connectivity index (χ4v) is 2.57. The first-order valence-corrected chi connectivity index (χ1v) is 6.31. The van der Waals surface area contributed by atoms with E-state index in [0.29, 0.717) is 6.42 Å². The second-order valence-electron chi connectivity index (χ2n) is 4.38. The third-order valence-electron chi connectivity index (χ3n) is 3.45. The van der Waals surface area contributed by atoms with Crippen LogP contribution in [0, 0.1) is 0 Å². The van der Waals surface area contributed by atoms with E-state index in [0.717, 1.165) is 17.7 Å². The first kappa shape index (κ1) is 12.7. The molecular formula is C16H19NO. The Hall–Kier alpha value is -1.76. The molecule has 2 nitrogen and oxygen atoms in total. The molecular weight excluding hydrogens is 222 g/mol. The highest BCUT2D eigenvalue weighted by atomic mass is 16.3. The van der Waals surface area contributed by atoms with Crippen molar-refractivity contribution >= 4 is 16.5 Å². The lowest BCUT2D eigenvalue weighted by Crippen LogP contribution is -2.02. The summed E-state index contributed by atoms with van der Waals surface area (Å²) < 4.78 is 2.16. The maximum absolute atomic E-state index is 9.26. The number of hydrogen-bond donors (Lipinski definition) is 1. The largest absolute Gasteiger partial charge is 0.396 e. The van der Waals surface area contributed by atoms with Crippen LogP contribution >= 0.6 is 0 Å². The van der Waals surface area contributed by atoms with Gasteiger partial charge in [-0.2, -0.15) is 0 Å². The van der Waals surface area contributed by atoms with Gasteiger partial charge < -0.3 is 9.67 Å². The zero-order valence-electron chi connectivity index (χ0n) is 11.0. The molecule has 18 heavy (non-hydrogen) atoms. The molecule has 0 saturated heterocycles. The lowest BCUT2D eigenvalue weighted by atomic mass is 9.99. The predicted octanol–water partition coefficient (Wildman–Crippen LogP) is 3.29. The van der Waals surface area contributed by atoms with E-state index in [9.17, 15) is 5.11 Å². The molecule has 0 spiro atoms. The van der Waals surface area contributed by atoms with Crippen molar-refractivity contribution in [3.05, 3.63) is 47.8 Å². The molecule has 0 radical (unpaired) electrons. The molecule has 0 aliphatic carbocycles. The predicted molar refractivity (Wildman–Crippen MR) is 76.5 cm³/mol. The van der Waals surface area contributed by atoms with Crippen molar-refractivity contribution in [3.63, 3.8) is 0 Å². The molecule has 0 aliphatic heterocycles. The minimum atomic E-state index is 0.158. The van der Waals surface area contributed by atoms with Gasteiger partial charge in [-0.25, -0.2) is 0 Å². The van der Waals surface area contributed by atoms with E-state index in [1.165, 1.54) is 16.5 Å². The fraction of sp³-hybridized carbons (Fsp3) is 0.312. The number of aryl methyl sites for hydroxylation is 1. The summed E-state index contributed by atoms with van der Waals surface area (Å²) in [5.74, 6) is 0. The fourth-order valence-electron chi connectivity index (χ4n) is 2.57. The molecule has 0 fully saturated rings. The molecule has 1 aromatic carbocycles. The second-order valence-corrected chi connectivity index (χ2v) is 4.38. The quantitative estimate of drug-likeness (QED) is 0.816. The van der Waals surface area contributed by atoms with Crippen LogP contribution < -0.4 is 0 Å². The van der Waals surface area contributed by atoms with Gasteiger partial charge in [-0.15, -0.1) is 5.73 Å². The smallest absolute Gasteiger partial charge is 0.0486 e. The van der Waals surface area contributed by atoms with Gasteiger partial charge in [0.25, 0.3) is 0 Å². The zero-order valence-corrected chi connectivity index (χ0v) is 11.0. The number of para-hydroxylation sites is 1. The van der Waals surface area contributed by atoms with Gasteiger partial charge in [-0.05, 0) is 12.5 Å². The van der Waals surface area contributed by atoms with Crippen LogP contribution in [0.5, 0.6) is 0 Å². The number of aliphatic hydroxyl groups excluding tert-OH is 1. The van der Waals surface area contributed by atoms with Crippen LogP contribution in [-0.2, 0) is 13.5 Å². The van der Waals surface area contributed by atoms with E-state index in [-0.39, 0.29) is 6.61 Å². The standard InChI is InChI=1S/C16H19NO/c1-4-12(5-2)16-13-8-6-7-9-14(13)17(3)15(16)10-11-18/h6-9,18H,1,5,10-11H2,2-3H3. The third-order valence-corrected chi connectivity index (χ3v) is 3.45. The Morgan fingerprint density at radius 3 is 2.72 bits per heavy atom. The molecule has 0 unspecified atom stereocenters. The summed E-state index contributed by atoms with van der Waals surface area (Å²) in [6, 6.07) is 8.32. The summed E-state index contributed by atoms with van der Waals surface area (Å²) >= 11 is 0. The summed E-state index contributed by atoms with van der Waals surface area (Å²) in [5.41, 5.74) is 7.71. The first-order chi connectivity index (χ1) is 8.74. The number of rotatable bonds is 4. The zero-order chi connectivity index (χ0) is 13.1. The second kappa shape index (κ2) is 5.26. The van der Waals surface area contributed by atoms with Crippen LogP contribution in [0.15, 0.2) is 36.6 Å². The van der Waals surface area contributed by atoms with E-state index in [2.05, 4.69) is 35.9 Å². The van der Waals surface area contributed by atoms with Gasteiger partial charge in [-0.1, -0.05) is 31.7 Å². The minimum Gasteiger partial charge on any atom is -0.396 e. The lowest BCUT2D eigenvalue weighted by molar-refractivity contribution is 0.297. The Morgan fingerprint density at radius 1 is 1.39 bits per heavy atom. The van der Waals surface area contributed by atoms with Crippen molar-refractivity contribution in [2.45, 2.75) is 19.8 Å². The van der Waals surface area contributed by atoms with Crippen LogP contribution in [0.2, 0.25) is 0 Å². The monoisotopic (exact) mass is 241 g/mol. The van der Waals surface area contributed by atoms with E-state index in [4.69, 9.17) is 0 Å². The Labute approximate surface area is 108 Å². The first-order valence-electron chi connectivity index (χ1n) is 6.31. The Morgan fingerprint density at radius 2 is 2.11 bits per heavy atom. The van der Waals surface area contributed by atoms with Crippen molar-refractivity contribution in [2.75, 3.05) is 6.61 Å². The van der Waals surface area contributed by atoms with Crippen LogP contribution in [0.4, 0.5) is 0 Å². The van der Waals surface area contributed by atoms with Crippen molar-refractivity contribution in [3.8, 4) is 0 Å². The van der Waals surface area contributed by atoms with Crippen LogP contribution in [0.3, 0.4) is 0 Å². The molecule has 0 aliphatic rings. The van der Waals surface area contributed by atoms with Gasteiger partial charge in [0.05, 0.1) is 0 Å². The van der Waals surface area contributed by atoms with Crippen LogP contribution in [0.25, 0.3) is 16.5 Å². The molecule has 1 heterocycles. The molecule has 94 valence electrons. The number of nitrogens with zero attached hydrogens (tertiary/aromatic N) is 1. The van der Waals surface area contributed by atoms with Crippen LogP contribution in [0.1, 0.15) is 24.6 Å². The summed E-state index contributed by atoms with van der Waals surface area (Å²) in [5, 5.41) is 10.5. The van der Waals surface area contributed by atoms with E-state index in [1.54, 1.807) is 0 Å². The number of benzene rings is 1. The summed E-state index contributed by atoms with van der Waals surface area (Å²) in [7, 11) is 2.05. The number of aliphatic hydroxyl groups is 1. The maximum atomic E-state index is 9.26. The molecule has 1 N–H and O–H groups in total. The molecule has 0 saturated carbocycles. The highest BCUT2D eigenvalue weighted by molar-refractivity contribution is 5.94. The van der Waals surface area contributed by atoms with Crippen molar-refractivity contribution in [2.24, 2.45) is 7.05 Å². The van der Waals surface area contributed by atoms with Gasteiger partial charge in [-0.3, -0.25) is 0 Å². The van der Waals surface area contributed by atoms with Gasteiger partial charge in [0.2, 0.25) is 0 Å². The van der Waals surface area contributed by atoms with E-state index >= 15 is 0 Å². The van der Waals surface area contributed by atoms with Crippen molar-refractivity contribution in [1.29, 1.82) is 0 Å². The summed E-state index contributed by atoms with van der Waals surface area (Å²) in [6.45, 7) is 6.06. The Bertz CT molecular complexity index is 615. The van der Waals surface area contributed by atoms with Gasteiger partial charge >= 0.3 is 0 Å². The molecule has 0 atom stereocenters. The molecule has 2 rings (SSSR count). The number of aromatic nitrogens is 1. The van der Waals surface area contributed by atoms with Gasteiger partial charge in [0.15, 0.2) is 0 Å². The lowest BCUT2D eigenvalue weighted by Gasteiger charge is -2.07. The van der Waals surface area contributed by atoms with Gasteiger partial charge in [0.1, 0.15) is 0 Å². The molecule has 2 aromatic rings. The molecule has 0 amide bonds. The highest BCUT2D eigenvalue weighted by Crippen LogP contribution is 2.32. The van der Waals surface area contributed by atoms with E-state index in [1.807, 2.05) is 19.2 Å². The SMILES string of the molecule is C=C=C(CC)c1c(CCO)n(C)c2ccccc12. The maximum Gasteiger partial charge on any atom is 0.0486 e. The topological polar surface area (TPSA) is 25.2 Å². The molecule has 0 bridgehead atoms. The number of hydrogen-bond acceptors (Lipinski definition) is 1. The number of allylic oxidation sites excluding steroid dienone is 1. The third kappa shape index (κ3) is 1.90. The normalized spacial score (nSPS) is 10.6. The molecule has 1 aromatic heterocycles. The highest BCUT2D eigenvalue weighted by Gasteiger charge is 2.16. The Kier molecular flexibility index (Phi) is 3.71. The summed E-state index contributed by atoms with van der Waals surface area (Å²) in [6.07, 6.45) is 1.56. The van der Waals surface area contributed by atoms with Crippen LogP contribution in [-0.4, -0.2) is 16.3 Å². The van der Waals surface area contributed by atoms with Crippen molar-refractivity contribution in [1.82, 2.24) is 4.57 Å². The Balaban J connectivity index is 2.83. The number of fused-ring (bicyclic) bond motifs is 1. The van der Waals surface area contributed by atoms with E-state index < -0.39 is 0 Å². The average Bonchev–Trinajstić information content (AvgIpc) is 2.67. The average molecular weight is 241 g/mol. The van der Waals surface area contributed by atoms with Gasteiger partial charge in [0, 0.05) is 47.8 Å². The molecule has 2 heteroatoms. The minimum absolute atomic E-state index is 0.158. The van der Waals surface area contributed by atoms with Crippen molar-refractivity contribution < 1.29 is 5.11 Å². The summed E-state index contributed by atoms with van der Waals surface area (Å²) in [4.78, 5) is 0.